The summed E-state index contributed by atoms with van der Waals surface area (Å²) in [4.78, 5) is 34.0. The number of phenols is 1. The second-order valence-corrected chi connectivity index (χ2v) is 12.8. The van der Waals surface area contributed by atoms with Crippen LogP contribution in [-0.4, -0.2) is 49.7 Å². The number of likely N-dealkylation sites (tertiary alicyclic amines) is 1. The first kappa shape index (κ1) is 30.9. The monoisotopic (exact) mass is 600 g/mol. The quantitative estimate of drug-likeness (QED) is 0.182. The number of amides is 2. The molecular weight excluding hydrogens is 560 g/mol. The van der Waals surface area contributed by atoms with Crippen molar-refractivity contribution in [3.05, 3.63) is 92.4 Å². The van der Waals surface area contributed by atoms with E-state index in [2.05, 4.69) is 11.9 Å². The minimum absolute atomic E-state index is 0.177. The van der Waals surface area contributed by atoms with E-state index in [1.807, 2.05) is 67.8 Å². The topological polar surface area (TPSA) is 111 Å². The molecule has 3 N–H and O–H groups in total. The molecule has 0 radical (unpaired) electrons. The predicted octanol–water partition coefficient (Wildman–Crippen LogP) is 6.06. The Morgan fingerprint density at radius 1 is 1.14 bits per heavy atom. The van der Waals surface area contributed by atoms with Gasteiger partial charge in [0.2, 0.25) is 11.8 Å². The second-order valence-electron chi connectivity index (χ2n) is 11.7. The number of fused-ring (bicyclic) bond motifs is 1. The molecule has 2 aliphatic rings. The van der Waals surface area contributed by atoms with Gasteiger partial charge >= 0.3 is 0 Å². The Balaban J connectivity index is 1.43. The van der Waals surface area contributed by atoms with E-state index in [9.17, 15) is 24.9 Å². The molecule has 0 saturated carbocycles. The largest absolute Gasteiger partial charge is 0.507 e. The highest BCUT2D eigenvalue weighted by Gasteiger charge is 2.54. The average molecular weight is 601 g/mol. The van der Waals surface area contributed by atoms with Gasteiger partial charge in [0.15, 0.2) is 0 Å². The maximum atomic E-state index is 13.7. The molecule has 3 heterocycles. The van der Waals surface area contributed by atoms with Gasteiger partial charge in [-0.2, -0.15) is 0 Å². The van der Waals surface area contributed by atoms with Crippen LogP contribution in [0.5, 0.6) is 5.75 Å². The van der Waals surface area contributed by atoms with Crippen LogP contribution in [0, 0.1) is 31.6 Å². The second kappa shape index (κ2) is 13.4. The highest BCUT2D eigenvalue weighted by atomic mass is 32.1. The smallest absolute Gasteiger partial charge is 0.234 e. The molecule has 1 aliphatic heterocycles. The maximum Gasteiger partial charge on any atom is 0.234 e. The van der Waals surface area contributed by atoms with Crippen molar-refractivity contribution in [3.63, 3.8) is 0 Å². The van der Waals surface area contributed by atoms with E-state index in [0.29, 0.717) is 25.7 Å². The fourth-order valence-corrected chi connectivity index (χ4v) is 7.52. The van der Waals surface area contributed by atoms with Gasteiger partial charge < -0.3 is 15.3 Å². The van der Waals surface area contributed by atoms with Crippen molar-refractivity contribution >= 4 is 34.8 Å². The summed E-state index contributed by atoms with van der Waals surface area (Å²) in [5.41, 5.74) is 5.95. The number of carbonyl (C=O) groups is 2. The molecule has 4 atom stereocenters. The molecule has 1 aliphatic carbocycles. The third-order valence-electron chi connectivity index (χ3n) is 8.81. The maximum absolute atomic E-state index is 13.7. The summed E-state index contributed by atoms with van der Waals surface area (Å²) in [6.45, 7) is 5.74. The van der Waals surface area contributed by atoms with Gasteiger partial charge in [-0.3, -0.25) is 19.5 Å². The Morgan fingerprint density at radius 3 is 2.53 bits per heavy atom. The standard InChI is InChI=1S/C35H40N2O5S/c1-4-8-25-18-27-32(35(42)37(34(27)41)19-26-9-7-14-43-26)28(20-38)31(25)30(39)12-11-24(29-10-5-6-13-36-29)17-23-15-21(2)33(40)22(3)16-23/h5-7,9-10,13-17,27-28,30,32,38-40H,4,8,11-12,18-20H2,1-3H3/b24-17-/t27-,28+,30-,32-/m1/s1. The lowest BCUT2D eigenvalue weighted by Gasteiger charge is -2.36. The SMILES string of the molecule is CCCC1=C([C@H](O)CC/C(=C/c2cc(C)c(O)c(C)c2)c2ccccn2)[C@H](CO)[C@@H]2C(=O)N(Cc3cccs3)C(=O)[C@@H]2C1. The molecule has 1 aromatic carbocycles. The number of thiophene rings is 1. The molecule has 43 heavy (non-hydrogen) atoms. The van der Waals surface area contributed by atoms with E-state index in [1.165, 1.54) is 16.2 Å². The van der Waals surface area contributed by atoms with Crippen LogP contribution in [0.2, 0.25) is 0 Å². The first-order valence-corrected chi connectivity index (χ1v) is 15.9. The number of aliphatic hydroxyl groups is 2. The van der Waals surface area contributed by atoms with Gasteiger partial charge in [0, 0.05) is 17.0 Å². The number of imide groups is 1. The van der Waals surface area contributed by atoms with Crippen molar-refractivity contribution in [1.82, 2.24) is 9.88 Å². The molecule has 3 aromatic rings. The zero-order valence-electron chi connectivity index (χ0n) is 25.0. The Labute approximate surface area is 257 Å². The van der Waals surface area contributed by atoms with E-state index >= 15 is 0 Å². The molecule has 2 amide bonds. The van der Waals surface area contributed by atoms with Crippen LogP contribution in [0.4, 0.5) is 0 Å². The van der Waals surface area contributed by atoms with Crippen LogP contribution >= 0.6 is 11.3 Å². The fourth-order valence-electron chi connectivity index (χ4n) is 6.83. The molecular formula is C35H40N2O5S. The number of aliphatic hydroxyl groups excluding tert-OH is 2. The van der Waals surface area contributed by atoms with Gasteiger partial charge in [0.25, 0.3) is 0 Å². The van der Waals surface area contributed by atoms with E-state index in [0.717, 1.165) is 50.4 Å². The summed E-state index contributed by atoms with van der Waals surface area (Å²) < 4.78 is 0. The summed E-state index contributed by atoms with van der Waals surface area (Å²) in [5.74, 6) is -1.94. The van der Waals surface area contributed by atoms with Crippen LogP contribution < -0.4 is 0 Å². The number of phenolic OH excluding ortho intramolecular Hbond substituents is 1. The number of rotatable bonds is 11. The molecule has 1 saturated heterocycles. The highest BCUT2D eigenvalue weighted by molar-refractivity contribution is 7.09. The molecule has 1 fully saturated rings. The number of allylic oxidation sites excluding steroid dienone is 2. The molecule has 0 bridgehead atoms. The van der Waals surface area contributed by atoms with Gasteiger partial charge in [-0.15, -0.1) is 11.3 Å². The average Bonchev–Trinajstić information content (AvgIpc) is 3.60. The summed E-state index contributed by atoms with van der Waals surface area (Å²) in [7, 11) is 0. The number of hydrogen-bond acceptors (Lipinski definition) is 7. The van der Waals surface area contributed by atoms with Crippen molar-refractivity contribution in [2.24, 2.45) is 17.8 Å². The van der Waals surface area contributed by atoms with E-state index in [-0.39, 0.29) is 30.7 Å². The minimum Gasteiger partial charge on any atom is -0.507 e. The van der Waals surface area contributed by atoms with Crippen LogP contribution in [0.25, 0.3) is 11.6 Å². The molecule has 0 unspecified atom stereocenters. The van der Waals surface area contributed by atoms with E-state index in [4.69, 9.17) is 0 Å². The van der Waals surface area contributed by atoms with Gasteiger partial charge in [-0.25, -0.2) is 0 Å². The zero-order valence-corrected chi connectivity index (χ0v) is 25.8. The summed E-state index contributed by atoms with van der Waals surface area (Å²) >= 11 is 1.51. The first-order valence-electron chi connectivity index (χ1n) is 15.0. The lowest BCUT2D eigenvalue weighted by molar-refractivity contribution is -0.140. The number of aromatic hydroxyl groups is 1. The van der Waals surface area contributed by atoms with Gasteiger partial charge in [0.1, 0.15) is 5.75 Å². The molecule has 7 nitrogen and oxygen atoms in total. The molecule has 5 rings (SSSR count). The lowest BCUT2D eigenvalue weighted by atomic mass is 9.67. The highest BCUT2D eigenvalue weighted by Crippen LogP contribution is 2.47. The third kappa shape index (κ3) is 6.37. The Kier molecular flexibility index (Phi) is 9.59. The summed E-state index contributed by atoms with van der Waals surface area (Å²) in [6.07, 6.45) is 5.74. The number of hydrogen-bond donors (Lipinski definition) is 3. The molecule has 0 spiro atoms. The Bertz CT molecular complexity index is 1510. The number of carbonyl (C=O) groups excluding carboxylic acids is 2. The predicted molar refractivity (Wildman–Crippen MR) is 169 cm³/mol. The van der Waals surface area contributed by atoms with Crippen molar-refractivity contribution in [1.29, 1.82) is 0 Å². The van der Waals surface area contributed by atoms with Crippen LogP contribution in [0.15, 0.2) is 65.2 Å². The molecule has 226 valence electrons. The Morgan fingerprint density at radius 2 is 1.91 bits per heavy atom. The molecule has 8 heteroatoms. The van der Waals surface area contributed by atoms with Crippen molar-refractivity contribution in [3.8, 4) is 5.75 Å². The van der Waals surface area contributed by atoms with Crippen molar-refractivity contribution < 1.29 is 24.9 Å². The number of aryl methyl sites for hydroxylation is 2. The van der Waals surface area contributed by atoms with Gasteiger partial charge in [-0.05, 0) is 109 Å². The Hall–Kier alpha value is -3.59. The number of aromatic nitrogens is 1. The molecule has 2 aromatic heterocycles. The van der Waals surface area contributed by atoms with Gasteiger partial charge in [-0.1, -0.05) is 31.1 Å². The van der Waals surface area contributed by atoms with Crippen LogP contribution in [-0.2, 0) is 16.1 Å². The van der Waals surface area contributed by atoms with E-state index in [1.54, 1.807) is 6.20 Å². The fraction of sp³-hybridized carbons (Fsp3) is 0.400. The van der Waals surface area contributed by atoms with Gasteiger partial charge in [0.05, 0.1) is 36.8 Å². The van der Waals surface area contributed by atoms with Crippen molar-refractivity contribution in [2.45, 2.75) is 65.5 Å². The lowest BCUT2D eigenvalue weighted by Crippen LogP contribution is -2.39. The minimum atomic E-state index is -0.885. The third-order valence-corrected chi connectivity index (χ3v) is 9.67. The van der Waals surface area contributed by atoms with Crippen LogP contribution in [0.3, 0.4) is 0 Å². The van der Waals surface area contributed by atoms with Crippen LogP contribution in [0.1, 0.15) is 66.3 Å². The zero-order chi connectivity index (χ0) is 30.7. The number of benzene rings is 1. The summed E-state index contributed by atoms with van der Waals surface area (Å²) in [6, 6.07) is 13.4. The number of nitrogens with zero attached hydrogens (tertiary/aromatic N) is 2. The number of pyridine rings is 1. The first-order chi connectivity index (χ1) is 20.7. The van der Waals surface area contributed by atoms with E-state index < -0.39 is 23.9 Å². The summed E-state index contributed by atoms with van der Waals surface area (Å²) in [5, 5.41) is 34.6. The normalized spacial score (nSPS) is 21.5. The van der Waals surface area contributed by atoms with Crippen molar-refractivity contribution in [2.75, 3.05) is 6.61 Å².